The Morgan fingerprint density at radius 1 is 1.28 bits per heavy atom. The zero-order valence-electron chi connectivity index (χ0n) is 17.1. The zero-order valence-corrected chi connectivity index (χ0v) is 18.7. The Labute approximate surface area is 186 Å². The molecule has 0 unspecified atom stereocenters. The number of benzene rings is 1. The van der Waals surface area contributed by atoms with Crippen molar-refractivity contribution in [3.05, 3.63) is 63.7 Å². The predicted octanol–water partition coefficient (Wildman–Crippen LogP) is 4.66. The van der Waals surface area contributed by atoms with E-state index in [4.69, 9.17) is 0 Å². The third kappa shape index (κ3) is 4.13. The molecule has 3 heterocycles. The maximum absolute atomic E-state index is 15.1. The molecule has 7 nitrogen and oxygen atoms in total. The summed E-state index contributed by atoms with van der Waals surface area (Å²) in [5, 5.41) is 3.07. The molecule has 3 aromatic heterocycles. The van der Waals surface area contributed by atoms with Crippen molar-refractivity contribution in [3.8, 4) is 11.3 Å². The van der Waals surface area contributed by atoms with E-state index in [1.165, 1.54) is 17.5 Å². The molecule has 0 saturated carbocycles. The summed E-state index contributed by atoms with van der Waals surface area (Å²) in [6.45, 7) is 3.51. The molecule has 0 radical (unpaired) electrons. The van der Waals surface area contributed by atoms with E-state index in [1.807, 2.05) is 12.3 Å². The van der Waals surface area contributed by atoms with Crippen molar-refractivity contribution in [2.24, 2.45) is 0 Å². The highest BCUT2D eigenvalue weighted by Gasteiger charge is 2.26. The molecular formula is C21H18F2N4O3S2. The van der Waals surface area contributed by atoms with Gasteiger partial charge in [0.25, 0.3) is 0 Å². The molecule has 32 heavy (non-hydrogen) atoms. The van der Waals surface area contributed by atoms with Crippen molar-refractivity contribution < 1.29 is 22.0 Å². The molecule has 2 N–H and O–H groups in total. The zero-order chi connectivity index (χ0) is 23.0. The van der Waals surface area contributed by atoms with Crippen molar-refractivity contribution in [3.63, 3.8) is 0 Å². The quantitative estimate of drug-likeness (QED) is 0.378. The molecule has 4 rings (SSSR count). The highest BCUT2D eigenvalue weighted by Crippen LogP contribution is 2.30. The van der Waals surface area contributed by atoms with Crippen molar-refractivity contribution in [1.29, 1.82) is 0 Å². The lowest BCUT2D eigenvalue weighted by molar-refractivity contribution is 0.103. The van der Waals surface area contributed by atoms with Crippen LogP contribution >= 0.6 is 11.3 Å². The number of ketones is 1. The van der Waals surface area contributed by atoms with Gasteiger partial charge in [0.2, 0.25) is 15.8 Å². The van der Waals surface area contributed by atoms with Gasteiger partial charge in [-0.15, -0.1) is 11.3 Å². The van der Waals surface area contributed by atoms with Crippen LogP contribution in [0.3, 0.4) is 0 Å². The van der Waals surface area contributed by atoms with Crippen molar-refractivity contribution in [1.82, 2.24) is 15.0 Å². The van der Waals surface area contributed by atoms with Crippen LogP contribution in [0.1, 0.15) is 34.3 Å². The van der Waals surface area contributed by atoms with Crippen LogP contribution in [-0.2, 0) is 10.0 Å². The predicted molar refractivity (Wildman–Crippen MR) is 119 cm³/mol. The Balaban J connectivity index is 1.78. The van der Waals surface area contributed by atoms with Gasteiger partial charge in [-0.1, -0.05) is 6.92 Å². The standard InChI is InChI=1S/C21H18F2N4O3S2/c1-3-6-32(29,30)27-16-5-4-15(22)18(19(16)23)20(28)14-9-25-21-13(14)7-12(8-24-21)17-10-31-11(2)26-17/h4-5,7-10,27H,3,6H2,1-2H3,(H,24,25). The number of sulfonamides is 1. The highest BCUT2D eigenvalue weighted by atomic mass is 32.2. The van der Waals surface area contributed by atoms with Gasteiger partial charge in [-0.3, -0.25) is 9.52 Å². The lowest BCUT2D eigenvalue weighted by atomic mass is 10.0. The second kappa shape index (κ2) is 8.40. The van der Waals surface area contributed by atoms with Gasteiger partial charge in [0, 0.05) is 34.3 Å². The van der Waals surface area contributed by atoms with Crippen molar-refractivity contribution >= 4 is 43.9 Å². The number of thiazole rings is 1. The first-order valence-corrected chi connectivity index (χ1v) is 12.2. The summed E-state index contributed by atoms with van der Waals surface area (Å²) >= 11 is 1.46. The summed E-state index contributed by atoms with van der Waals surface area (Å²) in [5.41, 5.74) is 0.360. The summed E-state index contributed by atoms with van der Waals surface area (Å²) in [6.07, 6.45) is 3.22. The van der Waals surface area contributed by atoms with Gasteiger partial charge in [-0.25, -0.2) is 27.2 Å². The number of H-pyrrole nitrogens is 1. The number of carbonyl (C=O) groups is 1. The molecule has 166 valence electrons. The molecule has 4 aromatic rings. The van der Waals surface area contributed by atoms with E-state index in [0.29, 0.717) is 28.7 Å². The average molecular weight is 477 g/mol. The van der Waals surface area contributed by atoms with Crippen LogP contribution in [0.4, 0.5) is 14.5 Å². The molecule has 0 saturated heterocycles. The van der Waals surface area contributed by atoms with Crippen LogP contribution in [0.5, 0.6) is 0 Å². The number of hydrogen-bond donors (Lipinski definition) is 2. The third-order valence-corrected chi connectivity index (χ3v) is 7.00. The van der Waals surface area contributed by atoms with Crippen LogP contribution in [-0.4, -0.2) is 34.9 Å². The number of pyridine rings is 1. The first kappa shape index (κ1) is 22.0. The Morgan fingerprint density at radius 3 is 2.75 bits per heavy atom. The summed E-state index contributed by atoms with van der Waals surface area (Å²) in [4.78, 5) is 24.6. The molecule has 0 atom stereocenters. The van der Waals surface area contributed by atoms with Gasteiger partial charge in [0.15, 0.2) is 5.82 Å². The minimum Gasteiger partial charge on any atom is -0.345 e. The van der Waals surface area contributed by atoms with Crippen molar-refractivity contribution in [2.75, 3.05) is 10.5 Å². The number of halogens is 2. The van der Waals surface area contributed by atoms with Gasteiger partial charge < -0.3 is 4.98 Å². The minimum absolute atomic E-state index is 0.00710. The number of aromatic nitrogens is 3. The number of aromatic amines is 1. The number of anilines is 1. The summed E-state index contributed by atoms with van der Waals surface area (Å²) in [7, 11) is -3.83. The summed E-state index contributed by atoms with van der Waals surface area (Å²) < 4.78 is 55.7. The fraction of sp³-hybridized carbons (Fsp3) is 0.190. The number of carbonyl (C=O) groups excluding carboxylic acids is 1. The second-order valence-corrected chi connectivity index (χ2v) is 10.0. The van der Waals surface area contributed by atoms with E-state index in [2.05, 4.69) is 19.7 Å². The first-order chi connectivity index (χ1) is 15.2. The van der Waals surface area contributed by atoms with Crippen LogP contribution < -0.4 is 4.72 Å². The van der Waals surface area contributed by atoms with Gasteiger partial charge in [-0.2, -0.15) is 0 Å². The number of fused-ring (bicyclic) bond motifs is 1. The third-order valence-electron chi connectivity index (χ3n) is 4.75. The average Bonchev–Trinajstić information content (AvgIpc) is 3.35. The molecule has 0 aliphatic rings. The monoisotopic (exact) mass is 476 g/mol. The maximum Gasteiger partial charge on any atom is 0.232 e. The molecule has 0 aliphatic heterocycles. The fourth-order valence-electron chi connectivity index (χ4n) is 3.29. The molecule has 1 aromatic carbocycles. The van der Waals surface area contributed by atoms with Crippen LogP contribution in [0.15, 0.2) is 36.0 Å². The van der Waals surface area contributed by atoms with E-state index in [-0.39, 0.29) is 11.3 Å². The Kier molecular flexibility index (Phi) is 5.78. The topological polar surface area (TPSA) is 105 Å². The molecule has 0 amide bonds. The van der Waals surface area contributed by atoms with Gasteiger partial charge in [-0.05, 0) is 31.5 Å². The first-order valence-electron chi connectivity index (χ1n) is 9.63. The van der Waals surface area contributed by atoms with Gasteiger partial charge >= 0.3 is 0 Å². The molecule has 0 fully saturated rings. The fourth-order valence-corrected chi connectivity index (χ4v) is 5.04. The van der Waals surface area contributed by atoms with Gasteiger partial charge in [0.1, 0.15) is 11.5 Å². The number of hydrogen-bond acceptors (Lipinski definition) is 6. The van der Waals surface area contributed by atoms with Crippen molar-refractivity contribution in [2.45, 2.75) is 20.3 Å². The van der Waals surface area contributed by atoms with Crippen LogP contribution in [0.25, 0.3) is 22.3 Å². The van der Waals surface area contributed by atoms with E-state index in [0.717, 1.165) is 17.1 Å². The summed E-state index contributed by atoms with van der Waals surface area (Å²) in [5.74, 6) is -3.54. The lowest BCUT2D eigenvalue weighted by Gasteiger charge is -2.11. The number of aryl methyl sites for hydroxylation is 1. The number of nitrogens with one attached hydrogen (secondary N) is 2. The number of nitrogens with zero attached hydrogens (tertiary/aromatic N) is 2. The maximum atomic E-state index is 15.1. The Hall–Kier alpha value is -3.18. The van der Waals surface area contributed by atoms with Gasteiger partial charge in [0.05, 0.1) is 27.7 Å². The van der Waals surface area contributed by atoms with Crippen LogP contribution in [0, 0.1) is 18.6 Å². The SMILES string of the molecule is CCCS(=O)(=O)Nc1ccc(F)c(C(=O)c2c[nH]c3ncc(-c4csc(C)n4)cc23)c1F. The molecular weight excluding hydrogens is 458 g/mol. The molecule has 0 aliphatic carbocycles. The Morgan fingerprint density at radius 2 is 2.06 bits per heavy atom. The normalized spacial score (nSPS) is 11.8. The largest absolute Gasteiger partial charge is 0.345 e. The smallest absolute Gasteiger partial charge is 0.232 e. The van der Waals surface area contributed by atoms with E-state index >= 15 is 4.39 Å². The molecule has 0 bridgehead atoms. The van der Waals surface area contributed by atoms with Crippen LogP contribution in [0.2, 0.25) is 0 Å². The lowest BCUT2D eigenvalue weighted by Crippen LogP contribution is -2.18. The molecule has 11 heteroatoms. The molecule has 0 spiro atoms. The van der Waals surface area contributed by atoms with E-state index in [1.54, 1.807) is 19.2 Å². The summed E-state index contributed by atoms with van der Waals surface area (Å²) in [6, 6.07) is 3.48. The Bertz CT molecular complexity index is 1440. The highest BCUT2D eigenvalue weighted by molar-refractivity contribution is 7.92. The number of rotatable bonds is 7. The minimum atomic E-state index is -3.83. The second-order valence-electron chi connectivity index (χ2n) is 7.11. The van der Waals surface area contributed by atoms with E-state index < -0.39 is 38.7 Å². The van der Waals surface area contributed by atoms with E-state index in [9.17, 15) is 17.6 Å².